The number of carboxylic acid groups (broad SMARTS) is 1. The summed E-state index contributed by atoms with van der Waals surface area (Å²) >= 11 is 0. The summed E-state index contributed by atoms with van der Waals surface area (Å²) in [4.78, 5) is 14.5. The third-order valence-electron chi connectivity index (χ3n) is 2.00. The Balaban J connectivity index is 2.48. The number of hydrogen-bond donors (Lipinski definition) is 2. The van der Waals surface area contributed by atoms with Gasteiger partial charge in [-0.15, -0.1) is 0 Å². The maximum atomic E-state index is 10.6. The van der Waals surface area contributed by atoms with E-state index < -0.39 is 5.97 Å². The number of aromatic carboxylic acids is 1. The molecular formula is C10H8N2O3. The maximum absolute atomic E-state index is 10.6. The highest BCUT2D eigenvalue weighted by Crippen LogP contribution is 2.22. The van der Waals surface area contributed by atoms with Crippen LogP contribution in [0.25, 0.3) is 5.69 Å². The second kappa shape index (κ2) is 3.45. The molecule has 5 heteroatoms. The topological polar surface area (TPSA) is 75.3 Å². The molecule has 0 radical (unpaired) electrons. The van der Waals surface area contributed by atoms with Crippen LogP contribution in [-0.2, 0) is 0 Å². The number of carbonyl (C=O) groups is 1. The van der Waals surface area contributed by atoms with E-state index in [1.807, 2.05) is 0 Å². The van der Waals surface area contributed by atoms with Crippen molar-refractivity contribution in [3.05, 3.63) is 42.5 Å². The first-order chi connectivity index (χ1) is 7.18. The molecule has 5 nitrogen and oxygen atoms in total. The van der Waals surface area contributed by atoms with Crippen molar-refractivity contribution in [1.82, 2.24) is 9.55 Å². The minimum absolute atomic E-state index is 0.0522. The largest absolute Gasteiger partial charge is 0.506 e. The number of hydrogen-bond acceptors (Lipinski definition) is 3. The minimum Gasteiger partial charge on any atom is -0.506 e. The molecule has 2 N–H and O–H groups in total. The number of imidazole rings is 1. The lowest BCUT2D eigenvalue weighted by Gasteiger charge is -2.05. The van der Waals surface area contributed by atoms with Crippen molar-refractivity contribution in [2.24, 2.45) is 0 Å². The molecule has 0 unspecified atom stereocenters. The molecule has 1 aromatic carbocycles. The van der Waals surface area contributed by atoms with E-state index in [1.165, 1.54) is 24.5 Å². The maximum Gasteiger partial charge on any atom is 0.335 e. The molecule has 0 aliphatic rings. The van der Waals surface area contributed by atoms with Crippen LogP contribution in [0.15, 0.2) is 36.9 Å². The molecular weight excluding hydrogens is 196 g/mol. The van der Waals surface area contributed by atoms with Crippen molar-refractivity contribution < 1.29 is 15.0 Å². The number of benzene rings is 1. The highest BCUT2D eigenvalue weighted by molar-refractivity contribution is 5.88. The molecule has 1 heterocycles. The zero-order valence-electron chi connectivity index (χ0n) is 7.66. The van der Waals surface area contributed by atoms with E-state index >= 15 is 0 Å². The summed E-state index contributed by atoms with van der Waals surface area (Å²) in [6.45, 7) is 0. The number of nitrogens with zero attached hydrogens (tertiary/aromatic N) is 2. The monoisotopic (exact) mass is 204 g/mol. The van der Waals surface area contributed by atoms with Crippen LogP contribution in [0, 0.1) is 0 Å². The molecule has 2 aromatic rings. The van der Waals surface area contributed by atoms with Crippen molar-refractivity contribution in [1.29, 1.82) is 0 Å². The summed E-state index contributed by atoms with van der Waals surface area (Å²) in [5.74, 6) is -1.16. The Hall–Kier alpha value is -2.30. The van der Waals surface area contributed by atoms with Crippen LogP contribution < -0.4 is 0 Å². The second-order valence-electron chi connectivity index (χ2n) is 2.98. The predicted molar refractivity (Wildman–Crippen MR) is 52.2 cm³/mol. The Bertz CT molecular complexity index is 491. The van der Waals surface area contributed by atoms with Gasteiger partial charge >= 0.3 is 5.97 Å². The first kappa shape index (κ1) is 9.26. The van der Waals surface area contributed by atoms with Crippen molar-refractivity contribution in [2.75, 3.05) is 0 Å². The fraction of sp³-hybridized carbons (Fsp3) is 0. The summed E-state index contributed by atoms with van der Waals surface area (Å²) in [6, 6.07) is 4.16. The van der Waals surface area contributed by atoms with Crippen molar-refractivity contribution in [3.8, 4) is 11.4 Å². The Morgan fingerprint density at radius 1 is 1.40 bits per heavy atom. The van der Waals surface area contributed by atoms with E-state index in [0.717, 1.165) is 0 Å². The second-order valence-corrected chi connectivity index (χ2v) is 2.98. The molecule has 0 aliphatic heterocycles. The SMILES string of the molecule is O=C(O)c1ccc(-n2ccnc2)c(O)c1. The van der Waals surface area contributed by atoms with Crippen LogP contribution in [-0.4, -0.2) is 25.7 Å². The van der Waals surface area contributed by atoms with Crippen molar-refractivity contribution in [3.63, 3.8) is 0 Å². The van der Waals surface area contributed by atoms with E-state index in [-0.39, 0.29) is 11.3 Å². The third kappa shape index (κ3) is 1.67. The van der Waals surface area contributed by atoms with Crippen LogP contribution in [0.3, 0.4) is 0 Å². The summed E-state index contributed by atoms with van der Waals surface area (Å²) in [7, 11) is 0. The van der Waals surface area contributed by atoms with Gasteiger partial charge in [-0.25, -0.2) is 9.78 Å². The Labute approximate surface area is 85.2 Å². The Morgan fingerprint density at radius 3 is 2.73 bits per heavy atom. The van der Waals surface area contributed by atoms with Gasteiger partial charge in [0.15, 0.2) is 0 Å². The lowest BCUT2D eigenvalue weighted by Crippen LogP contribution is -1.97. The van der Waals surface area contributed by atoms with Gasteiger partial charge in [0.05, 0.1) is 17.6 Å². The zero-order valence-corrected chi connectivity index (χ0v) is 7.66. The number of phenolic OH excluding ortho intramolecular Hbond substituents is 1. The van der Waals surface area contributed by atoms with Crippen LogP contribution in [0.5, 0.6) is 5.75 Å². The average molecular weight is 204 g/mol. The first-order valence-electron chi connectivity index (χ1n) is 4.23. The first-order valence-corrected chi connectivity index (χ1v) is 4.23. The third-order valence-corrected chi connectivity index (χ3v) is 2.00. The summed E-state index contributed by atoms with van der Waals surface area (Å²) in [5.41, 5.74) is 0.550. The molecule has 1 aromatic heterocycles. The van der Waals surface area contributed by atoms with Gasteiger partial charge in [0.25, 0.3) is 0 Å². The molecule has 0 bridgehead atoms. The predicted octanol–water partition coefficient (Wildman–Crippen LogP) is 1.28. The summed E-state index contributed by atoms with van der Waals surface area (Å²) < 4.78 is 1.60. The highest BCUT2D eigenvalue weighted by Gasteiger charge is 2.08. The van der Waals surface area contributed by atoms with Gasteiger partial charge < -0.3 is 14.8 Å². The van der Waals surface area contributed by atoms with E-state index in [1.54, 1.807) is 17.0 Å². The molecule has 0 spiro atoms. The molecule has 0 fully saturated rings. The van der Waals surface area contributed by atoms with E-state index in [9.17, 15) is 9.90 Å². The molecule has 0 saturated heterocycles. The normalized spacial score (nSPS) is 10.1. The number of phenols is 1. The smallest absolute Gasteiger partial charge is 0.335 e. The lowest BCUT2D eigenvalue weighted by molar-refractivity contribution is 0.0696. The van der Waals surface area contributed by atoms with E-state index in [2.05, 4.69) is 4.98 Å². The minimum atomic E-state index is -1.07. The summed E-state index contributed by atoms with van der Waals surface area (Å²) in [6.07, 6.45) is 4.76. The van der Waals surface area contributed by atoms with Crippen LogP contribution >= 0.6 is 0 Å². The average Bonchev–Trinajstić information content (AvgIpc) is 2.70. The molecule has 2 rings (SSSR count). The molecule has 0 amide bonds. The molecule has 15 heavy (non-hydrogen) atoms. The van der Waals surface area contributed by atoms with Crippen molar-refractivity contribution in [2.45, 2.75) is 0 Å². The fourth-order valence-electron chi connectivity index (χ4n) is 1.28. The lowest BCUT2D eigenvalue weighted by atomic mass is 10.2. The van der Waals surface area contributed by atoms with Crippen LogP contribution in [0.2, 0.25) is 0 Å². The van der Waals surface area contributed by atoms with Gasteiger partial charge in [0.1, 0.15) is 5.75 Å². The van der Waals surface area contributed by atoms with Crippen LogP contribution in [0.1, 0.15) is 10.4 Å². The van der Waals surface area contributed by atoms with Gasteiger partial charge in [0, 0.05) is 12.4 Å². The molecule has 0 saturated carbocycles. The summed E-state index contributed by atoms with van der Waals surface area (Å²) in [5, 5.41) is 18.3. The van der Waals surface area contributed by atoms with E-state index in [0.29, 0.717) is 5.69 Å². The Kier molecular flexibility index (Phi) is 2.13. The highest BCUT2D eigenvalue weighted by atomic mass is 16.4. The number of rotatable bonds is 2. The molecule has 0 aliphatic carbocycles. The van der Waals surface area contributed by atoms with Crippen LogP contribution in [0.4, 0.5) is 0 Å². The van der Waals surface area contributed by atoms with Crippen molar-refractivity contribution >= 4 is 5.97 Å². The standard InChI is InChI=1S/C10H8N2O3/c13-9-5-7(10(14)15)1-2-8(9)12-4-3-11-6-12/h1-6,13H,(H,14,15). The van der Waals surface area contributed by atoms with Gasteiger partial charge in [-0.05, 0) is 18.2 Å². The molecule has 76 valence electrons. The quantitative estimate of drug-likeness (QED) is 0.772. The molecule has 0 atom stereocenters. The zero-order chi connectivity index (χ0) is 10.8. The van der Waals surface area contributed by atoms with Gasteiger partial charge in [-0.1, -0.05) is 0 Å². The number of aromatic hydroxyl groups is 1. The van der Waals surface area contributed by atoms with Gasteiger partial charge in [-0.2, -0.15) is 0 Å². The van der Waals surface area contributed by atoms with Gasteiger partial charge in [-0.3, -0.25) is 0 Å². The fourth-order valence-corrected chi connectivity index (χ4v) is 1.28. The van der Waals surface area contributed by atoms with E-state index in [4.69, 9.17) is 5.11 Å². The number of carboxylic acids is 1. The van der Waals surface area contributed by atoms with Gasteiger partial charge in [0.2, 0.25) is 0 Å². The number of aromatic nitrogens is 2. The Morgan fingerprint density at radius 2 is 2.20 bits per heavy atom.